The molecule has 290 valence electrons. The Balaban J connectivity index is 1.38. The Bertz CT molecular complexity index is 1830. The average molecular weight is 814 g/mol. The summed E-state index contributed by atoms with van der Waals surface area (Å²) >= 11 is 8.95. The van der Waals surface area contributed by atoms with Crippen molar-refractivity contribution in [3.63, 3.8) is 0 Å². The molecule has 21 nitrogen and oxygen atoms in total. The first-order valence-electron chi connectivity index (χ1n) is 15.7. The average Bonchev–Trinajstić information content (AvgIpc) is 3.75. The fourth-order valence-electron chi connectivity index (χ4n) is 5.57. The molecule has 0 radical (unpaired) electrons. The quantitative estimate of drug-likeness (QED) is 0.0651. The van der Waals surface area contributed by atoms with E-state index in [0.29, 0.717) is 22.4 Å². The molecule has 0 aliphatic carbocycles. The highest BCUT2D eigenvalue weighted by atomic mass is 32.7. The van der Waals surface area contributed by atoms with Gasteiger partial charge in [-0.25, -0.2) is 24.3 Å². The minimum Gasteiger partial charge on any atom is -0.387 e. The van der Waals surface area contributed by atoms with E-state index in [1.165, 1.54) is 42.2 Å². The van der Waals surface area contributed by atoms with Crippen molar-refractivity contribution >= 4 is 54.6 Å². The second-order valence-corrected chi connectivity index (χ2v) is 17.2. The number of nitrogens with zero attached hydrogens (tertiary/aromatic N) is 6. The number of ether oxygens (including phenoxy) is 6. The standard InChI is InChI=1S/C27H41N7O14P2S2/c1-14-9-33(27(36)32-15(14)2)26-22(43-8-6-41-4)20(17(47-26)11-44-49(37,38)51)48-50(39,52)45-10-16-19(35)21(42-7-5-40-3)25(46-16)34-13-31-18-23(28)29-12-30-24(18)34/h9,12-13,16-17,19-22,25-26,35H,5-8,10-11H2,1-4H3,(H,39,52)(H2,28,29,30)(H2,37,38,51)/t16-,17-,19+,20?,21?,22+,25?,26-,50?/m1/s1. The van der Waals surface area contributed by atoms with Crippen molar-refractivity contribution in [2.75, 3.05) is 59.6 Å². The molecule has 2 aliphatic heterocycles. The molecule has 0 aromatic carbocycles. The molecular formula is C27H41N7O14P2S2. The molecule has 2 fully saturated rings. The minimum absolute atomic E-state index is 0.0187. The molecule has 5 N–H and O–H groups in total. The number of thiol groups is 1. The molecule has 0 saturated carbocycles. The highest BCUT2D eigenvalue weighted by Crippen LogP contribution is 2.52. The number of nitrogens with two attached hydrogens (primary N) is 1. The maximum absolute atomic E-state index is 13.0. The van der Waals surface area contributed by atoms with E-state index in [2.05, 4.69) is 32.2 Å². The number of fused-ring (bicyclic) bond motifs is 1. The zero-order valence-electron chi connectivity index (χ0n) is 28.4. The number of aliphatic hydroxyl groups is 1. The van der Waals surface area contributed by atoms with E-state index < -0.39 is 81.5 Å². The third kappa shape index (κ3) is 9.79. The van der Waals surface area contributed by atoms with Gasteiger partial charge in [0.1, 0.15) is 48.5 Å². The van der Waals surface area contributed by atoms with Crippen molar-refractivity contribution in [3.05, 3.63) is 40.6 Å². The van der Waals surface area contributed by atoms with Gasteiger partial charge in [0.2, 0.25) is 0 Å². The van der Waals surface area contributed by atoms with E-state index >= 15 is 0 Å². The van der Waals surface area contributed by atoms with Crippen LogP contribution in [0.1, 0.15) is 23.7 Å². The van der Waals surface area contributed by atoms with Crippen LogP contribution in [0.4, 0.5) is 5.82 Å². The van der Waals surface area contributed by atoms with Crippen LogP contribution in [0.5, 0.6) is 0 Å². The molecule has 0 amide bonds. The number of anilines is 1. The first kappa shape index (κ1) is 41.1. The summed E-state index contributed by atoms with van der Waals surface area (Å²) in [4.78, 5) is 50.6. The van der Waals surface area contributed by atoms with Gasteiger partial charge < -0.3 is 53.6 Å². The summed E-state index contributed by atoms with van der Waals surface area (Å²) < 4.78 is 65.8. The van der Waals surface area contributed by atoms with Gasteiger partial charge in [-0.2, -0.15) is 4.98 Å². The maximum atomic E-state index is 13.0. The van der Waals surface area contributed by atoms with Gasteiger partial charge in [0, 0.05) is 26.1 Å². The van der Waals surface area contributed by atoms with Gasteiger partial charge >= 0.3 is 19.2 Å². The molecule has 3 aromatic heterocycles. The molecule has 2 saturated heterocycles. The highest BCUT2D eigenvalue weighted by molar-refractivity contribution is 8.44. The second-order valence-electron chi connectivity index (χ2n) is 11.7. The van der Waals surface area contributed by atoms with Crippen LogP contribution in [0, 0.1) is 13.8 Å². The molecule has 0 bridgehead atoms. The summed E-state index contributed by atoms with van der Waals surface area (Å²) in [5.74, 6) is 0.137. The second kappa shape index (κ2) is 17.6. The van der Waals surface area contributed by atoms with Gasteiger partial charge in [-0.1, -0.05) is 12.2 Å². The molecule has 5 unspecified atom stereocenters. The van der Waals surface area contributed by atoms with E-state index in [1.54, 1.807) is 13.8 Å². The molecule has 2 aliphatic rings. The maximum Gasteiger partial charge on any atom is 0.383 e. The van der Waals surface area contributed by atoms with Crippen molar-refractivity contribution in [2.45, 2.75) is 62.9 Å². The van der Waals surface area contributed by atoms with Gasteiger partial charge in [0.05, 0.1) is 46.0 Å². The summed E-state index contributed by atoms with van der Waals surface area (Å²) in [6.45, 7) is -5.88. The van der Waals surface area contributed by atoms with Crippen LogP contribution < -0.4 is 11.4 Å². The van der Waals surface area contributed by atoms with Crippen LogP contribution >= 0.6 is 25.8 Å². The smallest absolute Gasteiger partial charge is 0.383 e. The number of hydrogen-bond acceptors (Lipinski definition) is 18. The van der Waals surface area contributed by atoms with Gasteiger partial charge in [0.15, 0.2) is 23.9 Å². The number of rotatable bonds is 18. The summed E-state index contributed by atoms with van der Waals surface area (Å²) in [5, 5.41) is 11.3. The van der Waals surface area contributed by atoms with Crippen LogP contribution in [0.15, 0.2) is 23.6 Å². The van der Waals surface area contributed by atoms with E-state index in [1.807, 2.05) is 0 Å². The first-order chi connectivity index (χ1) is 24.6. The fraction of sp³-hybridized carbons (Fsp3) is 0.667. The Labute approximate surface area is 307 Å². The first-order valence-corrected chi connectivity index (χ1v) is 21.0. The normalized spacial score (nSPS) is 28.7. The number of aliphatic hydroxyl groups excluding tert-OH is 1. The Kier molecular flexibility index (Phi) is 13.9. The predicted molar refractivity (Wildman–Crippen MR) is 187 cm³/mol. The number of imidazole rings is 1. The topological polar surface area (TPSA) is 265 Å². The predicted octanol–water partition coefficient (Wildman–Crippen LogP) is 0.167. The summed E-state index contributed by atoms with van der Waals surface area (Å²) in [6.07, 6.45) is -5.25. The van der Waals surface area contributed by atoms with E-state index in [-0.39, 0.29) is 32.2 Å². The van der Waals surface area contributed by atoms with Crippen LogP contribution in [-0.4, -0.2) is 134 Å². The lowest BCUT2D eigenvalue weighted by Gasteiger charge is -2.28. The number of nitrogen functional groups attached to an aromatic ring is 1. The van der Waals surface area contributed by atoms with Crippen LogP contribution in [0.25, 0.3) is 11.2 Å². The Morgan fingerprint density at radius 2 is 1.58 bits per heavy atom. The fourth-order valence-corrected chi connectivity index (χ4v) is 7.55. The molecule has 52 heavy (non-hydrogen) atoms. The number of hydrogen-bond donors (Lipinski definition) is 5. The SMILES string of the molecule is COCCOC1C(n2cnc3c(N)ncnc32)O[C@H](COP(O)(=S)OC2[C@@H](COP(=O)(O)S)O[C@@H](n3cc(C)c(C)nc3=O)[C@H]2OCCOC)[C@@H]1O. The number of aryl methyl sites for hydroxylation is 2. The summed E-state index contributed by atoms with van der Waals surface area (Å²) in [7, 11) is 2.95. The van der Waals surface area contributed by atoms with Gasteiger partial charge in [-0.15, -0.1) is 0 Å². The molecule has 0 spiro atoms. The Morgan fingerprint density at radius 1 is 0.942 bits per heavy atom. The van der Waals surface area contributed by atoms with Crippen LogP contribution in [0.2, 0.25) is 0 Å². The molecule has 5 heterocycles. The lowest BCUT2D eigenvalue weighted by atomic mass is 10.1. The van der Waals surface area contributed by atoms with Crippen LogP contribution in [0.3, 0.4) is 0 Å². The molecule has 25 heteroatoms. The van der Waals surface area contributed by atoms with E-state index in [0.717, 1.165) is 0 Å². The Morgan fingerprint density at radius 3 is 2.25 bits per heavy atom. The minimum atomic E-state index is -4.33. The summed E-state index contributed by atoms with van der Waals surface area (Å²) in [6, 6.07) is 0. The van der Waals surface area contributed by atoms with Crippen molar-refractivity contribution < 1.29 is 61.5 Å². The molecular weight excluding hydrogens is 772 g/mol. The van der Waals surface area contributed by atoms with Crippen molar-refractivity contribution in [1.29, 1.82) is 0 Å². The number of methoxy groups -OCH3 is 2. The molecule has 5 rings (SSSR count). The lowest BCUT2D eigenvalue weighted by molar-refractivity contribution is -0.0819. The van der Waals surface area contributed by atoms with E-state index in [4.69, 9.17) is 59.5 Å². The molecule has 3 aromatic rings. The molecule has 10 atom stereocenters. The van der Waals surface area contributed by atoms with Gasteiger partial charge in [-0.3, -0.25) is 18.2 Å². The summed E-state index contributed by atoms with van der Waals surface area (Å²) in [5.41, 5.74) is 7.04. The highest BCUT2D eigenvalue weighted by Gasteiger charge is 2.51. The third-order valence-corrected chi connectivity index (χ3v) is 10.6. The van der Waals surface area contributed by atoms with Gasteiger partial charge in [0.25, 0.3) is 0 Å². The largest absolute Gasteiger partial charge is 0.387 e. The van der Waals surface area contributed by atoms with Crippen molar-refractivity contribution in [3.8, 4) is 0 Å². The van der Waals surface area contributed by atoms with Gasteiger partial charge in [-0.05, 0) is 31.2 Å². The lowest BCUT2D eigenvalue weighted by Crippen LogP contribution is -2.40. The Hall–Kier alpha value is -2.02. The zero-order chi connectivity index (χ0) is 37.8. The van der Waals surface area contributed by atoms with E-state index in [9.17, 15) is 24.3 Å². The zero-order valence-corrected chi connectivity index (χ0v) is 31.9. The number of aromatic nitrogens is 6. The van der Waals surface area contributed by atoms with Crippen LogP contribution in [-0.2, 0) is 58.4 Å². The van der Waals surface area contributed by atoms with Crippen molar-refractivity contribution in [1.82, 2.24) is 29.1 Å². The monoisotopic (exact) mass is 813 g/mol. The third-order valence-electron chi connectivity index (χ3n) is 8.18. The van der Waals surface area contributed by atoms with Crippen molar-refractivity contribution in [2.24, 2.45) is 0 Å².